The number of hydrogen-bond donors (Lipinski definition) is 0. The predicted molar refractivity (Wildman–Crippen MR) is 100 cm³/mol. The van der Waals surface area contributed by atoms with Crippen LogP contribution in [0.15, 0.2) is 18.2 Å². The van der Waals surface area contributed by atoms with Gasteiger partial charge in [-0.25, -0.2) is 0 Å². The normalized spacial score (nSPS) is 26.7. The van der Waals surface area contributed by atoms with E-state index in [4.69, 9.17) is 9.47 Å². The van der Waals surface area contributed by atoms with Gasteiger partial charge in [-0.3, -0.25) is 9.69 Å². The molecule has 2 aliphatic heterocycles. The van der Waals surface area contributed by atoms with Crippen LogP contribution in [-0.2, 0) is 22.7 Å². The van der Waals surface area contributed by atoms with Gasteiger partial charge in [0.25, 0.3) is 0 Å². The van der Waals surface area contributed by atoms with Crippen molar-refractivity contribution in [1.82, 2.24) is 9.80 Å². The Morgan fingerprint density at radius 1 is 1.15 bits per heavy atom. The zero-order valence-electron chi connectivity index (χ0n) is 16.0. The number of benzene rings is 1. The fourth-order valence-corrected chi connectivity index (χ4v) is 4.86. The smallest absolute Gasteiger partial charge is 0.243 e. The van der Waals surface area contributed by atoms with Gasteiger partial charge in [-0.15, -0.1) is 0 Å². The molecule has 3 fully saturated rings. The zero-order chi connectivity index (χ0) is 18.1. The van der Waals surface area contributed by atoms with Gasteiger partial charge in [0.2, 0.25) is 5.91 Å². The first kappa shape index (κ1) is 17.8. The predicted octanol–water partition coefficient (Wildman–Crippen LogP) is 2.96. The lowest BCUT2D eigenvalue weighted by Gasteiger charge is -2.45. The summed E-state index contributed by atoms with van der Waals surface area (Å²) in [6.45, 7) is 3.33. The van der Waals surface area contributed by atoms with Crippen LogP contribution in [0.2, 0.25) is 0 Å². The minimum Gasteiger partial charge on any atom is -0.496 e. The van der Waals surface area contributed by atoms with Gasteiger partial charge < -0.3 is 14.4 Å². The molecule has 0 radical (unpaired) electrons. The fourth-order valence-electron chi connectivity index (χ4n) is 4.86. The summed E-state index contributed by atoms with van der Waals surface area (Å²) in [4.78, 5) is 18.0. The van der Waals surface area contributed by atoms with Crippen LogP contribution in [0.1, 0.15) is 49.7 Å². The number of ether oxygens (including phenoxy) is 2. The molecule has 26 heavy (non-hydrogen) atoms. The van der Waals surface area contributed by atoms with Gasteiger partial charge in [-0.1, -0.05) is 6.07 Å². The second-order valence-corrected chi connectivity index (χ2v) is 7.97. The summed E-state index contributed by atoms with van der Waals surface area (Å²) in [5.41, 5.74) is 2.04. The van der Waals surface area contributed by atoms with Gasteiger partial charge in [0.1, 0.15) is 11.3 Å². The number of piperidine rings is 1. The van der Waals surface area contributed by atoms with Crippen molar-refractivity contribution in [2.45, 2.75) is 63.3 Å². The van der Waals surface area contributed by atoms with Crippen molar-refractivity contribution in [2.75, 3.05) is 27.3 Å². The Labute approximate surface area is 156 Å². The molecule has 1 atom stereocenters. The molecule has 0 N–H and O–H groups in total. The average molecular weight is 358 g/mol. The molecule has 1 amide bonds. The fraction of sp³-hybridized carbons (Fsp3) is 0.667. The van der Waals surface area contributed by atoms with Crippen molar-refractivity contribution in [3.05, 3.63) is 29.3 Å². The van der Waals surface area contributed by atoms with Crippen molar-refractivity contribution in [3.63, 3.8) is 0 Å². The van der Waals surface area contributed by atoms with Crippen LogP contribution in [-0.4, -0.2) is 54.6 Å². The molecule has 3 aliphatic rings. The summed E-state index contributed by atoms with van der Waals surface area (Å²) in [5, 5.41) is 0. The van der Waals surface area contributed by atoms with E-state index < -0.39 is 0 Å². The van der Waals surface area contributed by atoms with E-state index in [1.807, 2.05) is 6.07 Å². The monoisotopic (exact) mass is 358 g/mol. The summed E-state index contributed by atoms with van der Waals surface area (Å²) in [7, 11) is 3.39. The lowest BCUT2D eigenvalue weighted by molar-refractivity contribution is -0.148. The molecule has 1 spiro atoms. The quantitative estimate of drug-likeness (QED) is 0.784. The van der Waals surface area contributed by atoms with Crippen LogP contribution >= 0.6 is 0 Å². The lowest BCUT2D eigenvalue weighted by atomic mass is 9.85. The first-order valence-corrected chi connectivity index (χ1v) is 9.89. The number of rotatable bonds is 6. The van der Waals surface area contributed by atoms with Gasteiger partial charge in [0.15, 0.2) is 0 Å². The highest BCUT2D eigenvalue weighted by atomic mass is 16.5. The van der Waals surface area contributed by atoms with Crippen molar-refractivity contribution >= 4 is 5.91 Å². The Morgan fingerprint density at radius 2 is 1.92 bits per heavy atom. The molecular formula is C21H30N2O3. The van der Waals surface area contributed by atoms with Crippen LogP contribution < -0.4 is 4.74 Å². The van der Waals surface area contributed by atoms with Crippen molar-refractivity contribution < 1.29 is 14.3 Å². The largest absolute Gasteiger partial charge is 0.496 e. The molecule has 5 heteroatoms. The zero-order valence-corrected chi connectivity index (χ0v) is 16.0. The number of carbonyl (C=O) groups excluding carboxylic acids is 1. The first-order valence-electron chi connectivity index (χ1n) is 9.89. The van der Waals surface area contributed by atoms with E-state index in [9.17, 15) is 4.79 Å². The molecule has 1 saturated carbocycles. The van der Waals surface area contributed by atoms with Crippen molar-refractivity contribution in [1.29, 1.82) is 0 Å². The number of likely N-dealkylation sites (tertiary alicyclic amines) is 2. The molecule has 0 aromatic heterocycles. The van der Waals surface area contributed by atoms with Crippen LogP contribution in [0.4, 0.5) is 0 Å². The number of hydrogen-bond acceptors (Lipinski definition) is 4. The summed E-state index contributed by atoms with van der Waals surface area (Å²) < 4.78 is 10.8. The highest BCUT2D eigenvalue weighted by molar-refractivity contribution is 5.88. The van der Waals surface area contributed by atoms with E-state index >= 15 is 0 Å². The maximum atomic E-state index is 13.3. The maximum absolute atomic E-state index is 13.3. The van der Waals surface area contributed by atoms with Gasteiger partial charge in [0, 0.05) is 31.8 Å². The Morgan fingerprint density at radius 3 is 2.62 bits per heavy atom. The molecule has 5 nitrogen and oxygen atoms in total. The number of amides is 1. The van der Waals surface area contributed by atoms with E-state index in [0.29, 0.717) is 18.6 Å². The van der Waals surface area contributed by atoms with E-state index in [1.54, 1.807) is 14.2 Å². The van der Waals surface area contributed by atoms with Gasteiger partial charge in [0.05, 0.1) is 13.7 Å². The second kappa shape index (κ2) is 7.20. The summed E-state index contributed by atoms with van der Waals surface area (Å²) in [5.74, 6) is 1.26. The minimum absolute atomic E-state index is 0.262. The van der Waals surface area contributed by atoms with E-state index in [2.05, 4.69) is 21.9 Å². The standard InChI is InChI=1S/C21H30N2O3/c1-25-15-17-13-16(5-8-19(17)26-2)14-22-11-3-9-21(22)10-4-12-23(20(21)24)18-6-7-18/h5,8,13,18H,3-4,6-7,9-12,14-15H2,1-2H3. The highest BCUT2D eigenvalue weighted by Gasteiger charge is 2.52. The Balaban J connectivity index is 1.55. The lowest BCUT2D eigenvalue weighted by Crippen LogP contribution is -2.60. The van der Waals surface area contributed by atoms with Crippen LogP contribution in [0.5, 0.6) is 5.75 Å². The number of carbonyl (C=O) groups is 1. The number of methoxy groups -OCH3 is 2. The Hall–Kier alpha value is -1.59. The van der Waals surface area contributed by atoms with E-state index in [0.717, 1.165) is 56.6 Å². The van der Waals surface area contributed by atoms with Crippen LogP contribution in [0.3, 0.4) is 0 Å². The second-order valence-electron chi connectivity index (χ2n) is 7.97. The molecule has 1 aromatic rings. The van der Waals surface area contributed by atoms with Crippen molar-refractivity contribution in [3.8, 4) is 5.75 Å². The summed E-state index contributed by atoms with van der Waals surface area (Å²) >= 11 is 0. The third-order valence-corrected chi connectivity index (χ3v) is 6.28. The minimum atomic E-state index is -0.262. The molecule has 1 aromatic carbocycles. The average Bonchev–Trinajstić information content (AvgIpc) is 3.41. The third-order valence-electron chi connectivity index (χ3n) is 6.28. The molecule has 142 valence electrons. The third kappa shape index (κ3) is 3.12. The molecule has 1 aliphatic carbocycles. The Bertz CT molecular complexity index is 673. The summed E-state index contributed by atoms with van der Waals surface area (Å²) in [6.07, 6.45) is 6.66. The van der Waals surface area contributed by atoms with E-state index in [1.165, 1.54) is 18.4 Å². The molecule has 4 rings (SSSR count). The van der Waals surface area contributed by atoms with Gasteiger partial charge >= 0.3 is 0 Å². The van der Waals surface area contributed by atoms with Gasteiger partial charge in [-0.05, 0) is 62.8 Å². The molecule has 1 unspecified atom stereocenters. The topological polar surface area (TPSA) is 42.0 Å². The maximum Gasteiger partial charge on any atom is 0.243 e. The van der Waals surface area contributed by atoms with Crippen LogP contribution in [0, 0.1) is 0 Å². The highest BCUT2D eigenvalue weighted by Crippen LogP contribution is 2.42. The van der Waals surface area contributed by atoms with Gasteiger partial charge in [-0.2, -0.15) is 0 Å². The summed E-state index contributed by atoms with van der Waals surface area (Å²) in [6, 6.07) is 6.83. The first-order chi connectivity index (χ1) is 12.7. The Kier molecular flexibility index (Phi) is 4.93. The molecule has 2 heterocycles. The van der Waals surface area contributed by atoms with Crippen molar-refractivity contribution in [2.24, 2.45) is 0 Å². The molecular weight excluding hydrogens is 328 g/mol. The SMILES string of the molecule is COCc1cc(CN2CCCC23CCCN(C2CC2)C3=O)ccc1OC. The van der Waals surface area contributed by atoms with E-state index in [-0.39, 0.29) is 5.54 Å². The molecule has 2 saturated heterocycles. The number of nitrogens with zero attached hydrogens (tertiary/aromatic N) is 2. The molecule has 0 bridgehead atoms. The van der Waals surface area contributed by atoms with Crippen LogP contribution in [0.25, 0.3) is 0 Å².